The number of benzene rings is 3. The number of aryl methyl sites for hydroxylation is 1. The third-order valence-electron chi connectivity index (χ3n) is 5.52. The predicted molar refractivity (Wildman–Crippen MR) is 141 cm³/mol. The summed E-state index contributed by atoms with van der Waals surface area (Å²) in [6.45, 7) is 13.2. The van der Waals surface area contributed by atoms with E-state index in [4.69, 9.17) is 0 Å². The summed E-state index contributed by atoms with van der Waals surface area (Å²) in [4.78, 5) is 20.4. The molecule has 0 bridgehead atoms. The minimum atomic E-state index is -0.417. The Morgan fingerprint density at radius 3 is 2.20 bits per heavy atom. The summed E-state index contributed by atoms with van der Waals surface area (Å²) in [5, 5.41) is 13.0. The molecule has 0 unspecified atom stereocenters. The van der Waals surface area contributed by atoms with E-state index in [0.717, 1.165) is 27.5 Å². The minimum absolute atomic E-state index is 0. The first kappa shape index (κ1) is 28.4. The zero-order valence-corrected chi connectivity index (χ0v) is 23.8. The van der Waals surface area contributed by atoms with Crippen LogP contribution in [0.25, 0.3) is 32.9 Å². The summed E-state index contributed by atoms with van der Waals surface area (Å²) in [7, 11) is 0. The van der Waals surface area contributed by atoms with Crippen LogP contribution in [0.1, 0.15) is 47.1 Å². The summed E-state index contributed by atoms with van der Waals surface area (Å²) < 4.78 is 0. The van der Waals surface area contributed by atoms with Crippen LogP contribution in [0.15, 0.2) is 72.8 Å². The fourth-order valence-corrected chi connectivity index (χ4v) is 3.29. The minimum Gasteiger partial charge on any atom is -0.512 e. The molecule has 0 saturated carbocycles. The number of fused-ring (bicyclic) bond motifs is 3. The number of ketones is 1. The van der Waals surface area contributed by atoms with Gasteiger partial charge in [0.05, 0.1) is 5.52 Å². The molecule has 0 aliphatic carbocycles. The molecule has 0 fully saturated rings. The van der Waals surface area contributed by atoms with Crippen molar-refractivity contribution in [3.63, 3.8) is 0 Å². The summed E-state index contributed by atoms with van der Waals surface area (Å²) in [5.74, 6) is 0.104. The van der Waals surface area contributed by atoms with Gasteiger partial charge in [0.15, 0.2) is 5.78 Å². The zero-order chi connectivity index (χ0) is 25.1. The number of carbonyl (C=O) groups is 1. The van der Waals surface area contributed by atoms with Crippen molar-refractivity contribution < 1.29 is 30.0 Å². The topological polar surface area (TPSA) is 63.1 Å². The molecular weight excluding hydrogens is 613 g/mol. The predicted octanol–water partition coefficient (Wildman–Crippen LogP) is 7.65. The molecule has 0 spiro atoms. The molecule has 1 radical (unpaired) electrons. The van der Waals surface area contributed by atoms with Crippen LogP contribution in [-0.4, -0.2) is 20.9 Å². The Kier molecular flexibility index (Phi) is 9.11. The maximum absolute atomic E-state index is 11.5. The van der Waals surface area contributed by atoms with Crippen LogP contribution in [0.2, 0.25) is 0 Å². The van der Waals surface area contributed by atoms with E-state index in [0.29, 0.717) is 0 Å². The summed E-state index contributed by atoms with van der Waals surface area (Å²) >= 11 is 0. The average Bonchev–Trinajstić information content (AvgIpc) is 2.78. The van der Waals surface area contributed by atoms with Crippen molar-refractivity contribution in [1.29, 1.82) is 0 Å². The maximum atomic E-state index is 11.5. The van der Waals surface area contributed by atoms with Gasteiger partial charge in [-0.05, 0) is 23.4 Å². The van der Waals surface area contributed by atoms with Gasteiger partial charge in [-0.2, -0.15) is 0 Å². The molecule has 185 valence electrons. The van der Waals surface area contributed by atoms with E-state index in [1.54, 1.807) is 6.33 Å². The molecular formula is C30H33IrN2O2-. The first-order valence-electron chi connectivity index (χ1n) is 11.4. The van der Waals surface area contributed by atoms with Crippen molar-refractivity contribution >= 4 is 27.5 Å². The fraction of sp³-hybridized carbons (Fsp3) is 0.300. The van der Waals surface area contributed by atoms with Gasteiger partial charge in [0.2, 0.25) is 0 Å². The molecule has 5 heteroatoms. The number of allylic oxidation sites excluding steroid dienone is 2. The molecule has 4 nitrogen and oxygen atoms in total. The molecule has 4 rings (SSSR count). The van der Waals surface area contributed by atoms with Crippen molar-refractivity contribution in [3.05, 3.63) is 84.4 Å². The number of aliphatic hydroxyl groups excluding tert-OH is 1. The van der Waals surface area contributed by atoms with E-state index in [1.807, 2.05) is 65.8 Å². The van der Waals surface area contributed by atoms with Gasteiger partial charge < -0.3 is 5.11 Å². The Morgan fingerprint density at radius 2 is 1.60 bits per heavy atom. The molecule has 1 heterocycles. The SMILES string of the molecule is CC(C)(C)C(=O)/C=C(\O)C(C)(C)C.Cc1ccc2c(ccc3c(-c4[c-]cccc4)ncnc32)c1.[Ir]. The van der Waals surface area contributed by atoms with Crippen LogP contribution in [0.5, 0.6) is 0 Å². The number of rotatable bonds is 2. The Bertz CT molecular complexity index is 1350. The Hall–Kier alpha value is -2.88. The van der Waals surface area contributed by atoms with Crippen LogP contribution in [0.3, 0.4) is 0 Å². The molecule has 0 saturated heterocycles. The van der Waals surface area contributed by atoms with Gasteiger partial charge >= 0.3 is 0 Å². The van der Waals surface area contributed by atoms with E-state index in [-0.39, 0.29) is 37.1 Å². The van der Waals surface area contributed by atoms with E-state index in [1.165, 1.54) is 17.0 Å². The van der Waals surface area contributed by atoms with E-state index in [2.05, 4.69) is 53.3 Å². The molecule has 3 aromatic carbocycles. The van der Waals surface area contributed by atoms with Gasteiger partial charge in [0, 0.05) is 42.4 Å². The molecule has 0 aliphatic heterocycles. The fourth-order valence-electron chi connectivity index (χ4n) is 3.29. The van der Waals surface area contributed by atoms with E-state index < -0.39 is 5.41 Å². The number of aliphatic hydroxyl groups is 1. The molecule has 0 atom stereocenters. The van der Waals surface area contributed by atoms with Gasteiger partial charge in [-0.25, -0.2) is 4.98 Å². The van der Waals surface area contributed by atoms with Crippen LogP contribution < -0.4 is 0 Å². The zero-order valence-electron chi connectivity index (χ0n) is 21.4. The molecule has 0 aliphatic rings. The normalized spacial score (nSPS) is 12.0. The quantitative estimate of drug-likeness (QED) is 0.105. The number of aromatic nitrogens is 2. The molecule has 0 amide bonds. The van der Waals surface area contributed by atoms with E-state index in [9.17, 15) is 9.90 Å². The van der Waals surface area contributed by atoms with Gasteiger partial charge in [-0.1, -0.05) is 77.4 Å². The first-order valence-corrected chi connectivity index (χ1v) is 11.4. The monoisotopic (exact) mass is 646 g/mol. The third kappa shape index (κ3) is 7.06. The Labute approximate surface area is 221 Å². The summed E-state index contributed by atoms with van der Waals surface area (Å²) in [5.41, 5.74) is 3.42. The van der Waals surface area contributed by atoms with Crippen molar-refractivity contribution in [2.75, 3.05) is 0 Å². The van der Waals surface area contributed by atoms with Gasteiger partial charge in [-0.15, -0.1) is 35.9 Å². The maximum Gasteiger partial charge on any atom is 0.164 e. The molecule has 1 aromatic heterocycles. The largest absolute Gasteiger partial charge is 0.512 e. The average molecular weight is 646 g/mol. The van der Waals surface area contributed by atoms with Crippen LogP contribution >= 0.6 is 0 Å². The van der Waals surface area contributed by atoms with Crippen LogP contribution in [-0.2, 0) is 24.9 Å². The second kappa shape index (κ2) is 11.2. The molecule has 4 aromatic rings. The number of nitrogens with zero attached hydrogens (tertiary/aromatic N) is 2. The molecule has 1 N–H and O–H groups in total. The smallest absolute Gasteiger partial charge is 0.164 e. The van der Waals surface area contributed by atoms with Crippen LogP contribution in [0, 0.1) is 23.8 Å². The standard InChI is InChI=1S/C19H13N2.C11H20O2.Ir/c1-13-7-9-16-15(11-13)8-10-17-18(20-12-21-19(16)17)14-5-3-2-4-6-14;1-10(2,3)8(12)7-9(13)11(4,5)6;/h2-5,7-12H,1H3;7,12H,1-6H3;/q-1;;/b;8-7-;. The Balaban J connectivity index is 0.000000271. The van der Waals surface area contributed by atoms with E-state index >= 15 is 0 Å². The second-order valence-corrected chi connectivity index (χ2v) is 10.6. The summed E-state index contributed by atoms with van der Waals surface area (Å²) in [6, 6.07) is 21.8. The summed E-state index contributed by atoms with van der Waals surface area (Å²) in [6.07, 6.45) is 2.97. The van der Waals surface area contributed by atoms with Gasteiger partial charge in [0.25, 0.3) is 0 Å². The second-order valence-electron chi connectivity index (χ2n) is 10.6. The van der Waals surface area contributed by atoms with Crippen LogP contribution in [0.4, 0.5) is 0 Å². The van der Waals surface area contributed by atoms with Crippen molar-refractivity contribution in [2.24, 2.45) is 10.8 Å². The number of hydrogen-bond donors (Lipinski definition) is 1. The van der Waals surface area contributed by atoms with Crippen molar-refractivity contribution in [1.82, 2.24) is 9.97 Å². The van der Waals surface area contributed by atoms with Crippen molar-refractivity contribution in [3.8, 4) is 11.3 Å². The van der Waals surface area contributed by atoms with Crippen molar-refractivity contribution in [2.45, 2.75) is 48.5 Å². The first-order chi connectivity index (χ1) is 15.9. The Morgan fingerprint density at radius 1 is 0.914 bits per heavy atom. The van der Waals surface area contributed by atoms with Gasteiger partial charge in [-0.3, -0.25) is 9.78 Å². The third-order valence-corrected chi connectivity index (χ3v) is 5.52. The van der Waals surface area contributed by atoms with Gasteiger partial charge in [0.1, 0.15) is 12.1 Å². The number of carbonyl (C=O) groups excluding carboxylic acids is 1. The number of hydrogen-bond acceptors (Lipinski definition) is 4. The molecule has 35 heavy (non-hydrogen) atoms.